The van der Waals surface area contributed by atoms with Gasteiger partial charge in [-0.2, -0.15) is 0 Å². The molecule has 0 spiro atoms. The Labute approximate surface area is 159 Å². The third-order valence-corrected chi connectivity index (χ3v) is 3.76. The maximum absolute atomic E-state index is 5.41. The van der Waals surface area contributed by atoms with E-state index in [0.717, 1.165) is 28.3 Å². The maximum Gasteiger partial charge on any atom is 0.189 e. The van der Waals surface area contributed by atoms with E-state index in [0.29, 0.717) is 16.8 Å². The molecule has 0 amide bonds. The first kappa shape index (κ1) is 19.0. The molecule has 132 valence electrons. The largest absolute Gasteiger partial charge is 0.494 e. The molecule has 2 aromatic rings. The summed E-state index contributed by atoms with van der Waals surface area (Å²) in [6.45, 7) is 6.65. The molecule has 0 heterocycles. The number of aryl methyl sites for hydroxylation is 2. The molecule has 0 atom stereocenters. The first-order valence-electron chi connectivity index (χ1n) is 7.92. The van der Waals surface area contributed by atoms with Crippen molar-refractivity contribution < 1.29 is 4.74 Å². The minimum atomic E-state index is 0.411. The highest BCUT2D eigenvalue weighted by Crippen LogP contribution is 2.16. The van der Waals surface area contributed by atoms with E-state index in [4.69, 9.17) is 29.2 Å². The zero-order valence-corrected chi connectivity index (χ0v) is 16.1. The van der Waals surface area contributed by atoms with Gasteiger partial charge in [0.25, 0.3) is 0 Å². The highest BCUT2D eigenvalue weighted by Gasteiger charge is 2.03. The highest BCUT2D eigenvalue weighted by atomic mass is 32.1. The number of hydrogen-bond donors (Lipinski definition) is 4. The smallest absolute Gasteiger partial charge is 0.189 e. The maximum atomic E-state index is 5.41. The zero-order valence-electron chi connectivity index (χ0n) is 14.5. The van der Waals surface area contributed by atoms with Gasteiger partial charge in [0.1, 0.15) is 5.75 Å². The van der Waals surface area contributed by atoms with E-state index in [1.54, 1.807) is 0 Å². The van der Waals surface area contributed by atoms with Crippen molar-refractivity contribution in [1.29, 1.82) is 0 Å². The molecule has 0 aliphatic heterocycles. The molecule has 0 aromatic heterocycles. The van der Waals surface area contributed by atoms with E-state index in [1.807, 2.05) is 57.2 Å². The summed E-state index contributed by atoms with van der Waals surface area (Å²) in [4.78, 5) is 0. The number of hydrazine groups is 1. The van der Waals surface area contributed by atoms with E-state index >= 15 is 0 Å². The van der Waals surface area contributed by atoms with Crippen molar-refractivity contribution in [2.75, 3.05) is 17.2 Å². The Morgan fingerprint density at radius 1 is 0.920 bits per heavy atom. The summed E-state index contributed by atoms with van der Waals surface area (Å²) in [5.41, 5.74) is 9.83. The van der Waals surface area contributed by atoms with Crippen LogP contribution >= 0.6 is 24.4 Å². The van der Waals surface area contributed by atoms with E-state index < -0.39 is 0 Å². The summed E-state index contributed by atoms with van der Waals surface area (Å²) in [5, 5.41) is 7.06. The molecule has 2 rings (SSSR count). The molecule has 0 fully saturated rings. The summed E-state index contributed by atoms with van der Waals surface area (Å²) >= 11 is 10.5. The Morgan fingerprint density at radius 3 is 2.20 bits per heavy atom. The molecule has 25 heavy (non-hydrogen) atoms. The van der Waals surface area contributed by atoms with Crippen LogP contribution < -0.4 is 26.2 Å². The van der Waals surface area contributed by atoms with Gasteiger partial charge in [-0.15, -0.1) is 0 Å². The van der Waals surface area contributed by atoms with Crippen molar-refractivity contribution in [3.8, 4) is 5.75 Å². The summed E-state index contributed by atoms with van der Waals surface area (Å²) < 4.78 is 5.41. The number of hydrogen-bond acceptors (Lipinski definition) is 3. The Morgan fingerprint density at radius 2 is 1.56 bits per heavy atom. The van der Waals surface area contributed by atoms with E-state index in [9.17, 15) is 0 Å². The summed E-state index contributed by atoms with van der Waals surface area (Å²) in [7, 11) is 0. The molecule has 5 nitrogen and oxygen atoms in total. The van der Waals surface area contributed by atoms with Gasteiger partial charge >= 0.3 is 0 Å². The molecule has 2 aromatic carbocycles. The van der Waals surface area contributed by atoms with Gasteiger partial charge in [-0.1, -0.05) is 12.1 Å². The van der Waals surface area contributed by atoms with Crippen LogP contribution in [0.1, 0.15) is 18.1 Å². The fraction of sp³-hybridized carbons (Fsp3) is 0.222. The van der Waals surface area contributed by atoms with Crippen molar-refractivity contribution in [3.63, 3.8) is 0 Å². The molecule has 0 bridgehead atoms. The molecule has 7 heteroatoms. The van der Waals surface area contributed by atoms with Crippen LogP contribution in [-0.4, -0.2) is 16.8 Å². The standard InChI is InChI=1S/C18H22N4OS2/c1-4-23-15-9-7-14(8-10-15)19-17(24)21-22-18(25)20-16-11-12(2)5-6-13(16)3/h5-11H,4H2,1-3H3,(H2,19,21,24)(H2,20,22,25). The second-order valence-electron chi connectivity index (χ2n) is 5.43. The van der Waals surface area contributed by atoms with Gasteiger partial charge in [-0.05, 0) is 86.7 Å². The van der Waals surface area contributed by atoms with Gasteiger partial charge in [0.05, 0.1) is 6.61 Å². The Bertz CT molecular complexity index is 747. The number of thiocarbonyl (C=S) groups is 2. The Balaban J connectivity index is 1.80. The predicted molar refractivity (Wildman–Crippen MR) is 112 cm³/mol. The Hall–Kier alpha value is -2.38. The predicted octanol–water partition coefficient (Wildman–Crippen LogP) is 3.89. The quantitative estimate of drug-likeness (QED) is 0.478. The van der Waals surface area contributed by atoms with Gasteiger partial charge in [-0.25, -0.2) is 0 Å². The first-order valence-corrected chi connectivity index (χ1v) is 8.73. The van der Waals surface area contributed by atoms with Gasteiger partial charge in [0.15, 0.2) is 10.2 Å². The lowest BCUT2D eigenvalue weighted by Crippen LogP contribution is -2.45. The lowest BCUT2D eigenvalue weighted by molar-refractivity contribution is 0.340. The monoisotopic (exact) mass is 374 g/mol. The molecular weight excluding hydrogens is 352 g/mol. The summed E-state index contributed by atoms with van der Waals surface area (Å²) in [6.07, 6.45) is 0. The van der Waals surface area contributed by atoms with Gasteiger partial charge in [0.2, 0.25) is 0 Å². The molecule has 4 N–H and O–H groups in total. The minimum absolute atomic E-state index is 0.411. The lowest BCUT2D eigenvalue weighted by Gasteiger charge is -2.16. The number of anilines is 2. The summed E-state index contributed by atoms with van der Waals surface area (Å²) in [5.74, 6) is 0.823. The normalized spacial score (nSPS) is 9.88. The van der Waals surface area contributed by atoms with Crippen LogP contribution in [0.15, 0.2) is 42.5 Å². The van der Waals surface area contributed by atoms with Gasteiger partial charge in [-0.3, -0.25) is 10.9 Å². The fourth-order valence-corrected chi connectivity index (χ4v) is 2.43. The minimum Gasteiger partial charge on any atom is -0.494 e. The first-order chi connectivity index (χ1) is 12.0. The van der Waals surface area contributed by atoms with Crippen LogP contribution in [0.4, 0.5) is 11.4 Å². The average Bonchev–Trinajstić information content (AvgIpc) is 2.58. The van der Waals surface area contributed by atoms with Crippen molar-refractivity contribution in [3.05, 3.63) is 53.6 Å². The second-order valence-corrected chi connectivity index (χ2v) is 6.25. The number of rotatable bonds is 4. The van der Waals surface area contributed by atoms with Crippen LogP contribution in [0, 0.1) is 13.8 Å². The van der Waals surface area contributed by atoms with E-state index in [-0.39, 0.29) is 0 Å². The van der Waals surface area contributed by atoms with E-state index in [2.05, 4.69) is 27.6 Å². The molecule has 0 aliphatic carbocycles. The van der Waals surface area contributed by atoms with Crippen LogP contribution in [0.25, 0.3) is 0 Å². The van der Waals surface area contributed by atoms with Crippen molar-refractivity contribution in [2.45, 2.75) is 20.8 Å². The summed E-state index contributed by atoms with van der Waals surface area (Å²) in [6, 6.07) is 13.7. The van der Waals surface area contributed by atoms with Gasteiger partial charge < -0.3 is 15.4 Å². The Kier molecular flexibility index (Phi) is 6.97. The lowest BCUT2D eigenvalue weighted by atomic mass is 10.1. The highest BCUT2D eigenvalue weighted by molar-refractivity contribution is 7.81. The molecule has 0 unspecified atom stereocenters. The van der Waals surface area contributed by atoms with Crippen molar-refractivity contribution in [1.82, 2.24) is 10.9 Å². The van der Waals surface area contributed by atoms with Gasteiger partial charge in [0, 0.05) is 11.4 Å². The van der Waals surface area contributed by atoms with Crippen LogP contribution in [0.2, 0.25) is 0 Å². The van der Waals surface area contributed by atoms with Crippen molar-refractivity contribution in [2.24, 2.45) is 0 Å². The topological polar surface area (TPSA) is 57.4 Å². The SMILES string of the molecule is CCOc1ccc(NC(=S)NNC(=S)Nc2cc(C)ccc2C)cc1. The third kappa shape index (κ3) is 6.21. The fourth-order valence-electron chi connectivity index (χ4n) is 2.10. The van der Waals surface area contributed by atoms with Crippen LogP contribution in [0.5, 0.6) is 5.75 Å². The second kappa shape index (κ2) is 9.19. The van der Waals surface area contributed by atoms with Crippen molar-refractivity contribution >= 4 is 46.0 Å². The third-order valence-electron chi connectivity index (χ3n) is 3.35. The molecule has 0 saturated heterocycles. The van der Waals surface area contributed by atoms with E-state index in [1.165, 1.54) is 0 Å². The molecule has 0 aliphatic rings. The number of nitrogens with one attached hydrogen (secondary N) is 4. The van der Waals surface area contributed by atoms with Crippen LogP contribution in [0.3, 0.4) is 0 Å². The number of ether oxygens (including phenoxy) is 1. The average molecular weight is 375 g/mol. The zero-order chi connectivity index (χ0) is 18.2. The number of benzene rings is 2. The van der Waals surface area contributed by atoms with Crippen LogP contribution in [-0.2, 0) is 0 Å². The molecular formula is C18H22N4OS2. The molecule has 0 saturated carbocycles. The molecule has 0 radical (unpaired) electrons.